The summed E-state index contributed by atoms with van der Waals surface area (Å²) < 4.78 is 1.68. The van der Waals surface area contributed by atoms with Gasteiger partial charge in [-0.05, 0) is 6.42 Å². The first-order valence-electron chi connectivity index (χ1n) is 3.43. The summed E-state index contributed by atoms with van der Waals surface area (Å²) in [4.78, 5) is 16.2. The van der Waals surface area contributed by atoms with Gasteiger partial charge in [0.2, 0.25) is 0 Å². The molecule has 12 heavy (non-hydrogen) atoms. The van der Waals surface area contributed by atoms with Crippen LogP contribution in [0.4, 0.5) is 5.82 Å². The maximum Gasteiger partial charge on any atom is 0.373 e. The van der Waals surface area contributed by atoms with Crippen molar-refractivity contribution in [2.24, 2.45) is 7.05 Å². The molecule has 0 aromatic carbocycles. The summed E-state index contributed by atoms with van der Waals surface area (Å²) in [5.74, 6) is 0.729. The van der Waals surface area contributed by atoms with Crippen LogP contribution in [0.1, 0.15) is 12.6 Å². The van der Waals surface area contributed by atoms with Crippen molar-refractivity contribution < 1.29 is 9.59 Å². The van der Waals surface area contributed by atoms with E-state index in [0.717, 1.165) is 17.9 Å². The number of aromatic nitrogens is 2. The van der Waals surface area contributed by atoms with E-state index in [9.17, 15) is 0 Å². The van der Waals surface area contributed by atoms with Crippen molar-refractivity contribution in [3.63, 3.8) is 0 Å². The molecule has 0 amide bonds. The fourth-order valence-corrected chi connectivity index (χ4v) is 0.716. The van der Waals surface area contributed by atoms with Gasteiger partial charge in [0, 0.05) is 13.1 Å². The van der Waals surface area contributed by atoms with E-state index in [2.05, 4.69) is 12.0 Å². The molecule has 66 valence electrons. The zero-order valence-electron chi connectivity index (χ0n) is 7.07. The number of anilines is 1. The average Bonchev–Trinajstić information content (AvgIpc) is 2.33. The Labute approximate surface area is 70.2 Å². The van der Waals surface area contributed by atoms with Crippen LogP contribution in [0.5, 0.6) is 0 Å². The summed E-state index contributed by atoms with van der Waals surface area (Å²) in [6.07, 6.45) is 1.20. The van der Waals surface area contributed by atoms with E-state index >= 15 is 0 Å². The van der Waals surface area contributed by atoms with E-state index in [1.807, 2.05) is 13.1 Å². The van der Waals surface area contributed by atoms with Gasteiger partial charge in [-0.15, -0.1) is 0 Å². The zero-order chi connectivity index (χ0) is 9.56. The first-order valence-corrected chi connectivity index (χ1v) is 3.43. The maximum atomic E-state index is 8.12. The van der Waals surface area contributed by atoms with Crippen molar-refractivity contribution >= 4 is 12.0 Å². The maximum absolute atomic E-state index is 8.12. The van der Waals surface area contributed by atoms with Crippen LogP contribution in [-0.4, -0.2) is 15.9 Å². The number of rotatable bonds is 1. The molecule has 0 saturated heterocycles. The number of hydrogen-bond donors (Lipinski definition) is 1. The summed E-state index contributed by atoms with van der Waals surface area (Å²) >= 11 is 0. The second-order valence-electron chi connectivity index (χ2n) is 2.12. The number of nitrogens with two attached hydrogens (primary N) is 1. The summed E-state index contributed by atoms with van der Waals surface area (Å²) in [6, 6.07) is 1.89. The first-order chi connectivity index (χ1) is 5.65. The molecule has 5 nitrogen and oxygen atoms in total. The van der Waals surface area contributed by atoms with Crippen molar-refractivity contribution in [1.82, 2.24) is 9.78 Å². The Balaban J connectivity index is 0.000000354. The third-order valence-electron chi connectivity index (χ3n) is 1.33. The highest BCUT2D eigenvalue weighted by molar-refractivity contribution is 5.30. The van der Waals surface area contributed by atoms with Crippen LogP contribution in [0.3, 0.4) is 0 Å². The molecule has 1 rings (SSSR count). The molecule has 0 radical (unpaired) electrons. The summed E-state index contributed by atoms with van der Waals surface area (Å²) in [5, 5.41) is 4.12. The van der Waals surface area contributed by atoms with Gasteiger partial charge in [0.15, 0.2) is 0 Å². The fourth-order valence-electron chi connectivity index (χ4n) is 0.716. The van der Waals surface area contributed by atoms with Crippen molar-refractivity contribution in [2.45, 2.75) is 13.3 Å². The lowest BCUT2D eigenvalue weighted by atomic mass is 10.3. The highest BCUT2D eigenvalue weighted by Gasteiger charge is 1.96. The van der Waals surface area contributed by atoms with Crippen LogP contribution in [0, 0.1) is 0 Å². The topological polar surface area (TPSA) is 78.0 Å². The fraction of sp³-hybridized carbons (Fsp3) is 0.429. The highest BCUT2D eigenvalue weighted by Crippen LogP contribution is 2.03. The lowest BCUT2D eigenvalue weighted by Crippen LogP contribution is -1.96. The summed E-state index contributed by atoms with van der Waals surface area (Å²) in [7, 11) is 1.84. The van der Waals surface area contributed by atoms with E-state index in [1.165, 1.54) is 0 Å². The summed E-state index contributed by atoms with van der Waals surface area (Å²) in [5.41, 5.74) is 6.57. The van der Waals surface area contributed by atoms with Crippen LogP contribution >= 0.6 is 0 Å². The highest BCUT2D eigenvalue weighted by atomic mass is 16.2. The molecular weight excluding hydrogens is 158 g/mol. The van der Waals surface area contributed by atoms with E-state index in [4.69, 9.17) is 15.3 Å². The van der Waals surface area contributed by atoms with Gasteiger partial charge in [0.05, 0.1) is 5.69 Å². The van der Waals surface area contributed by atoms with E-state index in [1.54, 1.807) is 4.68 Å². The Morgan fingerprint density at radius 3 is 2.33 bits per heavy atom. The van der Waals surface area contributed by atoms with Gasteiger partial charge in [-0.1, -0.05) is 6.92 Å². The summed E-state index contributed by atoms with van der Waals surface area (Å²) in [6.45, 7) is 2.06. The molecule has 0 saturated carbocycles. The second-order valence-corrected chi connectivity index (χ2v) is 2.12. The molecule has 0 fully saturated rings. The predicted octanol–water partition coefficient (Wildman–Crippen LogP) is -0.0188. The minimum atomic E-state index is 0.250. The molecule has 1 aromatic rings. The number of nitrogens with zero attached hydrogens (tertiary/aromatic N) is 2. The standard InChI is InChI=1S/C6H11N3.CO2/c1-3-5-4-6(7)9(2)8-5;2-1-3/h4H,3,7H2,1-2H3;. The van der Waals surface area contributed by atoms with Gasteiger partial charge >= 0.3 is 6.15 Å². The number of nitrogen functional groups attached to an aromatic ring is 1. The molecule has 0 atom stereocenters. The molecule has 0 spiro atoms. The minimum absolute atomic E-state index is 0.250. The van der Waals surface area contributed by atoms with E-state index < -0.39 is 0 Å². The molecule has 1 aromatic heterocycles. The van der Waals surface area contributed by atoms with Crippen LogP contribution < -0.4 is 5.73 Å². The molecule has 5 heteroatoms. The SMILES string of the molecule is CCc1cc(N)n(C)n1.O=C=O. The quantitative estimate of drug-likeness (QED) is 0.640. The van der Waals surface area contributed by atoms with Crippen molar-refractivity contribution in [1.29, 1.82) is 0 Å². The Morgan fingerprint density at radius 1 is 1.67 bits per heavy atom. The van der Waals surface area contributed by atoms with Gasteiger partial charge in [0.25, 0.3) is 0 Å². The Morgan fingerprint density at radius 2 is 2.17 bits per heavy atom. The molecule has 0 aliphatic heterocycles. The van der Waals surface area contributed by atoms with Gasteiger partial charge in [-0.2, -0.15) is 14.7 Å². The van der Waals surface area contributed by atoms with Crippen LogP contribution in [-0.2, 0) is 23.1 Å². The monoisotopic (exact) mass is 169 g/mol. The van der Waals surface area contributed by atoms with Crippen LogP contribution in [0.25, 0.3) is 0 Å². The molecule has 2 N–H and O–H groups in total. The second kappa shape index (κ2) is 5.09. The Kier molecular flexibility index (Phi) is 4.41. The molecule has 1 heterocycles. The van der Waals surface area contributed by atoms with Gasteiger partial charge < -0.3 is 5.73 Å². The number of aryl methyl sites for hydroxylation is 2. The lowest BCUT2D eigenvalue weighted by Gasteiger charge is -1.88. The van der Waals surface area contributed by atoms with Crippen LogP contribution in [0.2, 0.25) is 0 Å². The van der Waals surface area contributed by atoms with Gasteiger partial charge in [0.1, 0.15) is 5.82 Å². The largest absolute Gasteiger partial charge is 0.384 e. The van der Waals surface area contributed by atoms with Crippen molar-refractivity contribution in [3.8, 4) is 0 Å². The Bertz CT molecular complexity index is 255. The van der Waals surface area contributed by atoms with E-state index in [-0.39, 0.29) is 6.15 Å². The van der Waals surface area contributed by atoms with Gasteiger partial charge in [-0.25, -0.2) is 0 Å². The third kappa shape index (κ3) is 2.98. The smallest absolute Gasteiger partial charge is 0.373 e. The van der Waals surface area contributed by atoms with Gasteiger partial charge in [-0.3, -0.25) is 4.68 Å². The Hall–Kier alpha value is -1.61. The predicted molar refractivity (Wildman–Crippen MR) is 42.0 cm³/mol. The van der Waals surface area contributed by atoms with Crippen LogP contribution in [0.15, 0.2) is 6.07 Å². The molecule has 0 unspecified atom stereocenters. The zero-order valence-corrected chi connectivity index (χ0v) is 7.07. The molecule has 0 aliphatic rings. The third-order valence-corrected chi connectivity index (χ3v) is 1.33. The van der Waals surface area contributed by atoms with E-state index in [0.29, 0.717) is 0 Å². The van der Waals surface area contributed by atoms with Crippen molar-refractivity contribution in [2.75, 3.05) is 5.73 Å². The molecular formula is C7H11N3O2. The minimum Gasteiger partial charge on any atom is -0.384 e. The normalized spacial score (nSPS) is 8.17. The first kappa shape index (κ1) is 10.4. The number of hydrogen-bond acceptors (Lipinski definition) is 4. The molecule has 0 bridgehead atoms. The average molecular weight is 169 g/mol. The lowest BCUT2D eigenvalue weighted by molar-refractivity contribution is -0.191. The molecule has 0 aliphatic carbocycles. The van der Waals surface area contributed by atoms with Crippen molar-refractivity contribution in [3.05, 3.63) is 11.8 Å². The number of carbonyl (C=O) groups excluding carboxylic acids is 2.